The lowest BCUT2D eigenvalue weighted by Gasteiger charge is -2.08. The van der Waals surface area contributed by atoms with Crippen LogP contribution in [-0.2, 0) is 0 Å². The van der Waals surface area contributed by atoms with E-state index in [9.17, 15) is 8.78 Å². The minimum atomic E-state index is -2.75. The topological polar surface area (TPSA) is 26.0 Å². The highest BCUT2D eigenvalue weighted by Gasteiger charge is 2.23. The molecule has 0 aromatic rings. The predicted molar refractivity (Wildman–Crippen MR) is 36.1 cm³/mol. The van der Waals surface area contributed by atoms with Crippen LogP contribution in [0.25, 0.3) is 0 Å². The molecule has 0 aliphatic carbocycles. The maximum atomic E-state index is 12.0. The molecule has 4 heteroatoms. The summed E-state index contributed by atoms with van der Waals surface area (Å²) >= 11 is 0. The van der Waals surface area contributed by atoms with Crippen molar-refractivity contribution >= 4 is 12.4 Å². The van der Waals surface area contributed by atoms with Gasteiger partial charge in [0.2, 0.25) is 0 Å². The van der Waals surface area contributed by atoms with Crippen molar-refractivity contribution in [2.45, 2.75) is 12.3 Å². The fraction of sp³-hybridized carbons (Fsp3) is 0.600. The predicted octanol–water partition coefficient (Wildman–Crippen LogP) is 1.58. The van der Waals surface area contributed by atoms with Crippen LogP contribution >= 0.6 is 12.4 Å². The monoisotopic (exact) mass is 157 g/mol. The molecule has 0 aromatic carbocycles. The Bertz CT molecular complexity index is 85.0. The van der Waals surface area contributed by atoms with E-state index in [-0.39, 0.29) is 18.8 Å². The molecule has 0 unspecified atom stereocenters. The lowest BCUT2D eigenvalue weighted by Crippen LogP contribution is -2.26. The summed E-state index contributed by atoms with van der Waals surface area (Å²) in [5, 5.41) is 0. The second kappa shape index (κ2) is 4.70. The Balaban J connectivity index is 0. The Hall–Kier alpha value is -0.150. The van der Waals surface area contributed by atoms with E-state index in [0.717, 1.165) is 6.08 Å². The van der Waals surface area contributed by atoms with E-state index in [4.69, 9.17) is 5.73 Å². The average molecular weight is 158 g/mol. The Morgan fingerprint density at radius 2 is 2.00 bits per heavy atom. The Kier molecular flexibility index (Phi) is 6.07. The van der Waals surface area contributed by atoms with Gasteiger partial charge in [0.05, 0.1) is 6.54 Å². The SMILES string of the molecule is C=CCC(F)(F)CN.Cl. The van der Waals surface area contributed by atoms with Crippen molar-refractivity contribution in [1.29, 1.82) is 0 Å². The smallest absolute Gasteiger partial charge is 0.263 e. The molecule has 0 aromatic heterocycles. The van der Waals surface area contributed by atoms with Gasteiger partial charge in [0, 0.05) is 6.42 Å². The van der Waals surface area contributed by atoms with Crippen molar-refractivity contribution in [3.8, 4) is 0 Å². The van der Waals surface area contributed by atoms with E-state index < -0.39 is 12.5 Å². The summed E-state index contributed by atoms with van der Waals surface area (Å²) in [6.45, 7) is 2.56. The highest BCUT2D eigenvalue weighted by Crippen LogP contribution is 2.15. The molecular weight excluding hydrogens is 148 g/mol. The Morgan fingerprint density at radius 3 is 2.11 bits per heavy atom. The van der Waals surface area contributed by atoms with Crippen molar-refractivity contribution in [2.75, 3.05) is 6.54 Å². The van der Waals surface area contributed by atoms with E-state index >= 15 is 0 Å². The number of nitrogens with two attached hydrogens (primary N) is 1. The van der Waals surface area contributed by atoms with Gasteiger partial charge in [-0.15, -0.1) is 19.0 Å². The van der Waals surface area contributed by atoms with E-state index in [2.05, 4.69) is 6.58 Å². The molecule has 0 fully saturated rings. The summed E-state index contributed by atoms with van der Waals surface area (Å²) < 4.78 is 23.9. The summed E-state index contributed by atoms with van der Waals surface area (Å²) in [5.74, 6) is -2.75. The second-order valence-electron chi connectivity index (χ2n) is 1.55. The first-order valence-corrected chi connectivity index (χ1v) is 2.31. The molecule has 0 rings (SSSR count). The summed E-state index contributed by atoms with van der Waals surface area (Å²) in [6, 6.07) is 0. The standard InChI is InChI=1S/C5H9F2N.ClH/c1-2-3-5(6,7)4-8;/h2H,1,3-4,8H2;1H. The molecule has 0 atom stereocenters. The molecule has 9 heavy (non-hydrogen) atoms. The molecule has 56 valence electrons. The number of hydrogen-bond donors (Lipinski definition) is 1. The highest BCUT2D eigenvalue weighted by atomic mass is 35.5. The van der Waals surface area contributed by atoms with E-state index in [1.807, 2.05) is 0 Å². The van der Waals surface area contributed by atoms with Crippen LogP contribution in [-0.4, -0.2) is 12.5 Å². The highest BCUT2D eigenvalue weighted by molar-refractivity contribution is 5.85. The van der Waals surface area contributed by atoms with Gasteiger partial charge in [-0.25, -0.2) is 8.78 Å². The first-order valence-electron chi connectivity index (χ1n) is 2.31. The van der Waals surface area contributed by atoms with Gasteiger partial charge in [-0.1, -0.05) is 6.08 Å². The zero-order valence-corrected chi connectivity index (χ0v) is 5.76. The molecular formula is C5H10ClF2N. The lowest BCUT2D eigenvalue weighted by atomic mass is 10.2. The van der Waals surface area contributed by atoms with Gasteiger partial charge < -0.3 is 5.73 Å². The average Bonchev–Trinajstić information content (AvgIpc) is 1.67. The van der Waals surface area contributed by atoms with Crippen LogP contribution in [0.5, 0.6) is 0 Å². The van der Waals surface area contributed by atoms with Gasteiger partial charge in [0.1, 0.15) is 0 Å². The van der Waals surface area contributed by atoms with Crippen LogP contribution < -0.4 is 5.73 Å². The van der Waals surface area contributed by atoms with Crippen LogP contribution in [0, 0.1) is 0 Å². The van der Waals surface area contributed by atoms with E-state index in [0.29, 0.717) is 0 Å². The summed E-state index contributed by atoms with van der Waals surface area (Å²) in [7, 11) is 0. The van der Waals surface area contributed by atoms with Gasteiger partial charge >= 0.3 is 0 Å². The molecule has 2 N–H and O–H groups in total. The fourth-order valence-electron chi connectivity index (χ4n) is 0.295. The second-order valence-corrected chi connectivity index (χ2v) is 1.55. The van der Waals surface area contributed by atoms with Gasteiger partial charge in [-0.3, -0.25) is 0 Å². The third-order valence-corrected chi connectivity index (χ3v) is 0.742. The summed E-state index contributed by atoms with van der Waals surface area (Å²) in [4.78, 5) is 0. The van der Waals surface area contributed by atoms with Gasteiger partial charge in [0.25, 0.3) is 5.92 Å². The van der Waals surface area contributed by atoms with E-state index in [1.54, 1.807) is 0 Å². The van der Waals surface area contributed by atoms with Crippen LogP contribution in [0.15, 0.2) is 12.7 Å². The molecule has 0 aliphatic heterocycles. The zero-order chi connectivity index (χ0) is 6.62. The van der Waals surface area contributed by atoms with Crippen molar-refractivity contribution in [3.63, 3.8) is 0 Å². The molecule has 0 spiro atoms. The molecule has 0 heterocycles. The van der Waals surface area contributed by atoms with Gasteiger partial charge in [-0.05, 0) is 0 Å². The van der Waals surface area contributed by atoms with Gasteiger partial charge in [-0.2, -0.15) is 0 Å². The van der Waals surface area contributed by atoms with Crippen LogP contribution in [0.1, 0.15) is 6.42 Å². The van der Waals surface area contributed by atoms with E-state index in [1.165, 1.54) is 0 Å². The minimum absolute atomic E-state index is 0. The lowest BCUT2D eigenvalue weighted by molar-refractivity contribution is 0.0144. The van der Waals surface area contributed by atoms with Crippen molar-refractivity contribution < 1.29 is 8.78 Å². The first-order chi connectivity index (χ1) is 3.62. The number of hydrogen-bond acceptors (Lipinski definition) is 1. The quantitative estimate of drug-likeness (QED) is 0.619. The molecule has 1 nitrogen and oxygen atoms in total. The third kappa shape index (κ3) is 5.73. The normalized spacial score (nSPS) is 10.1. The van der Waals surface area contributed by atoms with Crippen molar-refractivity contribution in [2.24, 2.45) is 5.73 Å². The Labute approximate surface area is 59.3 Å². The number of alkyl halides is 2. The fourth-order valence-corrected chi connectivity index (χ4v) is 0.295. The molecule has 0 aliphatic rings. The maximum Gasteiger partial charge on any atom is 0.263 e. The first kappa shape index (κ1) is 11.6. The van der Waals surface area contributed by atoms with Crippen LogP contribution in [0.2, 0.25) is 0 Å². The molecule has 0 radical (unpaired) electrons. The van der Waals surface area contributed by atoms with Crippen LogP contribution in [0.3, 0.4) is 0 Å². The molecule has 0 saturated heterocycles. The largest absolute Gasteiger partial charge is 0.325 e. The Morgan fingerprint density at radius 1 is 1.56 bits per heavy atom. The molecule has 0 amide bonds. The summed E-state index contributed by atoms with van der Waals surface area (Å²) in [5.41, 5.74) is 4.69. The van der Waals surface area contributed by atoms with Crippen molar-refractivity contribution in [3.05, 3.63) is 12.7 Å². The maximum absolute atomic E-state index is 12.0. The number of halogens is 3. The molecule has 0 saturated carbocycles. The number of rotatable bonds is 3. The number of allylic oxidation sites excluding steroid dienone is 1. The van der Waals surface area contributed by atoms with Crippen molar-refractivity contribution in [1.82, 2.24) is 0 Å². The van der Waals surface area contributed by atoms with Gasteiger partial charge in [0.15, 0.2) is 0 Å². The summed E-state index contributed by atoms with van der Waals surface area (Å²) in [6.07, 6.45) is 0.830. The van der Waals surface area contributed by atoms with Crippen LogP contribution in [0.4, 0.5) is 8.78 Å². The third-order valence-electron chi connectivity index (χ3n) is 0.742. The minimum Gasteiger partial charge on any atom is -0.325 e. The zero-order valence-electron chi connectivity index (χ0n) is 4.94. The molecule has 0 bridgehead atoms.